The van der Waals surface area contributed by atoms with Gasteiger partial charge in [-0.05, 0) is 42.8 Å². The summed E-state index contributed by atoms with van der Waals surface area (Å²) in [7, 11) is 3.08. The first kappa shape index (κ1) is 18.4. The molecule has 0 atom stereocenters. The van der Waals surface area contributed by atoms with E-state index in [9.17, 15) is 9.18 Å². The summed E-state index contributed by atoms with van der Waals surface area (Å²) in [6, 6.07) is 11.1. The van der Waals surface area contributed by atoms with E-state index in [1.807, 2.05) is 6.92 Å². The first-order valence-corrected chi connectivity index (χ1v) is 8.43. The van der Waals surface area contributed by atoms with Crippen LogP contribution in [0.15, 0.2) is 48.7 Å². The molecule has 0 radical (unpaired) electrons. The number of amides is 1. The van der Waals surface area contributed by atoms with Gasteiger partial charge in [-0.25, -0.2) is 9.07 Å². The zero-order valence-electron chi connectivity index (χ0n) is 15.3. The average molecular weight is 369 g/mol. The van der Waals surface area contributed by atoms with Crippen LogP contribution in [0, 0.1) is 5.82 Å². The van der Waals surface area contributed by atoms with Gasteiger partial charge in [0.25, 0.3) is 5.91 Å². The van der Waals surface area contributed by atoms with E-state index in [-0.39, 0.29) is 11.7 Å². The van der Waals surface area contributed by atoms with Crippen LogP contribution in [-0.2, 0) is 6.42 Å². The molecule has 0 saturated heterocycles. The minimum atomic E-state index is -0.324. The fourth-order valence-electron chi connectivity index (χ4n) is 2.82. The van der Waals surface area contributed by atoms with Crippen LogP contribution in [0.25, 0.3) is 5.69 Å². The number of rotatable bonds is 6. The van der Waals surface area contributed by atoms with Crippen molar-refractivity contribution in [2.24, 2.45) is 0 Å². The van der Waals surface area contributed by atoms with Crippen molar-refractivity contribution in [3.8, 4) is 17.2 Å². The molecule has 27 heavy (non-hydrogen) atoms. The van der Waals surface area contributed by atoms with Crippen molar-refractivity contribution < 1.29 is 18.7 Å². The largest absolute Gasteiger partial charge is 0.493 e. The number of anilines is 1. The lowest BCUT2D eigenvalue weighted by Gasteiger charge is -2.11. The molecule has 0 aliphatic rings. The fourth-order valence-corrected chi connectivity index (χ4v) is 2.82. The Hall–Kier alpha value is -3.35. The predicted molar refractivity (Wildman–Crippen MR) is 100 cm³/mol. The second kappa shape index (κ2) is 7.90. The number of carbonyl (C=O) groups excluding carboxylic acids is 1. The Morgan fingerprint density at radius 2 is 1.81 bits per heavy atom. The highest BCUT2D eigenvalue weighted by atomic mass is 19.1. The van der Waals surface area contributed by atoms with Crippen LogP contribution < -0.4 is 14.8 Å². The van der Waals surface area contributed by atoms with Crippen molar-refractivity contribution in [3.05, 3.63) is 65.7 Å². The fraction of sp³-hybridized carbons (Fsp3) is 0.200. The molecule has 6 nitrogen and oxygen atoms in total. The maximum atomic E-state index is 13.2. The summed E-state index contributed by atoms with van der Waals surface area (Å²) >= 11 is 0. The molecule has 0 fully saturated rings. The normalized spacial score (nSPS) is 10.5. The summed E-state index contributed by atoms with van der Waals surface area (Å²) in [5, 5.41) is 7.14. The highest BCUT2D eigenvalue weighted by molar-refractivity contribution is 6.05. The first-order chi connectivity index (χ1) is 13.1. The van der Waals surface area contributed by atoms with Gasteiger partial charge < -0.3 is 14.8 Å². The van der Waals surface area contributed by atoms with E-state index in [2.05, 4.69) is 10.4 Å². The number of carbonyl (C=O) groups is 1. The van der Waals surface area contributed by atoms with Gasteiger partial charge in [0.05, 0.1) is 37.4 Å². The van der Waals surface area contributed by atoms with Gasteiger partial charge >= 0.3 is 0 Å². The molecule has 1 heterocycles. The third-order valence-electron chi connectivity index (χ3n) is 4.16. The van der Waals surface area contributed by atoms with Crippen LogP contribution in [0.3, 0.4) is 0 Å². The molecule has 0 bridgehead atoms. The maximum Gasteiger partial charge on any atom is 0.259 e. The number of methoxy groups -OCH3 is 2. The third-order valence-corrected chi connectivity index (χ3v) is 4.16. The first-order valence-electron chi connectivity index (χ1n) is 8.43. The molecule has 0 spiro atoms. The van der Waals surface area contributed by atoms with Gasteiger partial charge in [0.1, 0.15) is 5.82 Å². The Labute approximate surface area is 156 Å². The van der Waals surface area contributed by atoms with Crippen LogP contribution in [0.4, 0.5) is 10.1 Å². The number of aromatic nitrogens is 2. The molecule has 1 aromatic heterocycles. The molecule has 0 aliphatic carbocycles. The van der Waals surface area contributed by atoms with Crippen molar-refractivity contribution in [3.63, 3.8) is 0 Å². The second-order valence-corrected chi connectivity index (χ2v) is 5.77. The molecule has 0 saturated carbocycles. The molecule has 0 aliphatic heterocycles. The van der Waals surface area contributed by atoms with E-state index in [0.29, 0.717) is 34.9 Å². The molecular formula is C20H20FN3O3. The maximum absolute atomic E-state index is 13.2. The Morgan fingerprint density at radius 3 is 2.44 bits per heavy atom. The van der Waals surface area contributed by atoms with Crippen LogP contribution >= 0.6 is 0 Å². The average Bonchev–Trinajstić information content (AvgIpc) is 3.12. The molecule has 1 amide bonds. The molecule has 2 aromatic carbocycles. The summed E-state index contributed by atoms with van der Waals surface area (Å²) in [6.07, 6.45) is 2.10. The van der Waals surface area contributed by atoms with Crippen LogP contribution in [-0.4, -0.2) is 29.9 Å². The van der Waals surface area contributed by atoms with Crippen molar-refractivity contribution >= 4 is 11.6 Å². The Balaban J connectivity index is 1.88. The second-order valence-electron chi connectivity index (χ2n) is 5.77. The number of hydrogen-bond acceptors (Lipinski definition) is 4. The molecule has 7 heteroatoms. The van der Waals surface area contributed by atoms with E-state index in [4.69, 9.17) is 9.47 Å². The lowest BCUT2D eigenvalue weighted by atomic mass is 10.1. The van der Waals surface area contributed by atoms with Crippen LogP contribution in [0.1, 0.15) is 23.0 Å². The molecule has 140 valence electrons. The molecular weight excluding hydrogens is 349 g/mol. The zero-order valence-corrected chi connectivity index (χ0v) is 15.3. The lowest BCUT2D eigenvalue weighted by Crippen LogP contribution is -2.14. The van der Waals surface area contributed by atoms with Crippen molar-refractivity contribution in [1.29, 1.82) is 0 Å². The molecule has 0 unspecified atom stereocenters. The zero-order chi connectivity index (χ0) is 19.4. The van der Waals surface area contributed by atoms with E-state index < -0.39 is 0 Å². The molecule has 1 N–H and O–H groups in total. The number of nitrogens with zero attached hydrogens (tertiary/aromatic N) is 2. The van der Waals surface area contributed by atoms with E-state index in [1.165, 1.54) is 25.4 Å². The van der Waals surface area contributed by atoms with E-state index in [0.717, 1.165) is 5.69 Å². The Bertz CT molecular complexity index is 952. The number of ether oxygens (including phenoxy) is 2. The Kier molecular flexibility index (Phi) is 5.40. The van der Waals surface area contributed by atoms with Gasteiger partial charge in [0.2, 0.25) is 0 Å². The summed E-state index contributed by atoms with van der Waals surface area (Å²) < 4.78 is 25.3. The van der Waals surface area contributed by atoms with Crippen LogP contribution in [0.5, 0.6) is 11.5 Å². The summed E-state index contributed by atoms with van der Waals surface area (Å²) in [5.74, 6) is 0.490. The highest BCUT2D eigenvalue weighted by Gasteiger charge is 2.18. The SMILES string of the molecule is CCc1c(C(=O)Nc2ccc(OC)c(OC)c2)cnn1-c1ccc(F)cc1. The van der Waals surface area contributed by atoms with Gasteiger partial charge in [-0.2, -0.15) is 5.10 Å². The number of hydrogen-bond donors (Lipinski definition) is 1. The van der Waals surface area contributed by atoms with Gasteiger partial charge in [0, 0.05) is 11.8 Å². The van der Waals surface area contributed by atoms with Gasteiger partial charge in [-0.15, -0.1) is 0 Å². The van der Waals surface area contributed by atoms with Gasteiger partial charge in [-0.1, -0.05) is 6.92 Å². The van der Waals surface area contributed by atoms with Gasteiger partial charge in [0.15, 0.2) is 11.5 Å². The topological polar surface area (TPSA) is 65.4 Å². The summed E-state index contributed by atoms with van der Waals surface area (Å²) in [6.45, 7) is 1.93. The predicted octanol–water partition coefficient (Wildman–Crippen LogP) is 3.84. The number of benzene rings is 2. The Morgan fingerprint density at radius 1 is 1.11 bits per heavy atom. The third kappa shape index (κ3) is 3.76. The van der Waals surface area contributed by atoms with E-state index in [1.54, 1.807) is 42.1 Å². The minimum absolute atomic E-state index is 0.285. The van der Waals surface area contributed by atoms with Gasteiger partial charge in [-0.3, -0.25) is 4.79 Å². The van der Waals surface area contributed by atoms with E-state index >= 15 is 0 Å². The quantitative estimate of drug-likeness (QED) is 0.717. The van der Waals surface area contributed by atoms with Crippen molar-refractivity contribution in [1.82, 2.24) is 9.78 Å². The molecule has 3 aromatic rings. The standard InChI is InChI=1S/C20H20FN3O3/c1-4-17-16(12-22-24(17)15-8-5-13(21)6-9-15)20(25)23-14-7-10-18(26-2)19(11-14)27-3/h5-12H,4H2,1-3H3,(H,23,25). The lowest BCUT2D eigenvalue weighted by molar-refractivity contribution is 0.102. The monoisotopic (exact) mass is 369 g/mol. The molecule has 3 rings (SSSR count). The summed E-state index contributed by atoms with van der Waals surface area (Å²) in [5.41, 5.74) is 2.46. The number of halogens is 1. The smallest absolute Gasteiger partial charge is 0.259 e. The minimum Gasteiger partial charge on any atom is -0.493 e. The number of nitrogens with one attached hydrogen (secondary N) is 1. The summed E-state index contributed by atoms with van der Waals surface area (Å²) in [4.78, 5) is 12.8. The van der Waals surface area contributed by atoms with Crippen molar-refractivity contribution in [2.45, 2.75) is 13.3 Å². The van der Waals surface area contributed by atoms with Crippen LogP contribution in [0.2, 0.25) is 0 Å². The highest BCUT2D eigenvalue weighted by Crippen LogP contribution is 2.30. The van der Waals surface area contributed by atoms with Crippen molar-refractivity contribution in [2.75, 3.05) is 19.5 Å².